The topological polar surface area (TPSA) is 16.4 Å². The summed E-state index contributed by atoms with van der Waals surface area (Å²) in [5.74, 6) is 0. The van der Waals surface area contributed by atoms with Gasteiger partial charge in [0.2, 0.25) is 0 Å². The molecule has 2 aliphatic rings. The van der Waals surface area contributed by atoms with Crippen LogP contribution >= 0.6 is 0 Å². The molecule has 1 aromatic heterocycles. The molecule has 0 saturated heterocycles. The Labute approximate surface area is 315 Å². The van der Waals surface area contributed by atoms with Crippen LogP contribution in [0.15, 0.2) is 192 Å². The molecule has 0 bridgehead atoms. The van der Waals surface area contributed by atoms with Crippen molar-refractivity contribution in [1.29, 1.82) is 0 Å². The molecular weight excluding hydrogens is 655 g/mol. The quantitative estimate of drug-likeness (QED) is 0.183. The lowest BCUT2D eigenvalue weighted by molar-refractivity contribution is 0.563. The van der Waals surface area contributed by atoms with Gasteiger partial charge in [-0.1, -0.05) is 159 Å². The maximum atomic E-state index is 6.47. The molecule has 256 valence electrons. The normalized spacial score (nSPS) is 14.4. The number of nitrogens with zero attached hydrogens (tertiary/aromatic N) is 1. The fourth-order valence-corrected chi connectivity index (χ4v) is 9.79. The Kier molecular flexibility index (Phi) is 6.55. The first-order valence-electron chi connectivity index (χ1n) is 18.9. The second kappa shape index (κ2) is 11.4. The summed E-state index contributed by atoms with van der Waals surface area (Å²) in [6, 6.07) is 69.0. The second-order valence-electron chi connectivity index (χ2n) is 15.2. The molecule has 0 radical (unpaired) electrons. The van der Waals surface area contributed by atoms with E-state index < -0.39 is 5.41 Å². The third-order valence-electron chi connectivity index (χ3n) is 12.1. The number of hydrogen-bond donors (Lipinski definition) is 0. The SMILES string of the molecule is CC1(C)c2ccccc2C2(c3ccccc3-c3ccc(N(c4ccc(-c5ccccc5)cc4)c4cccc5oc6ccccc6c45)cc32)c2ccccc21. The molecule has 0 saturated carbocycles. The fourth-order valence-electron chi connectivity index (χ4n) is 9.79. The Balaban J connectivity index is 1.21. The average Bonchev–Trinajstić information content (AvgIpc) is 3.75. The minimum atomic E-state index is -0.484. The second-order valence-corrected chi connectivity index (χ2v) is 15.2. The summed E-state index contributed by atoms with van der Waals surface area (Å²) in [6.07, 6.45) is 0. The van der Waals surface area contributed by atoms with Gasteiger partial charge >= 0.3 is 0 Å². The summed E-state index contributed by atoms with van der Waals surface area (Å²) in [7, 11) is 0. The van der Waals surface area contributed by atoms with Gasteiger partial charge in [0.05, 0.1) is 16.5 Å². The zero-order chi connectivity index (χ0) is 36.0. The van der Waals surface area contributed by atoms with Gasteiger partial charge in [-0.05, 0) is 98.1 Å². The Morgan fingerprint density at radius 3 is 1.70 bits per heavy atom. The van der Waals surface area contributed by atoms with Crippen molar-refractivity contribution >= 4 is 39.0 Å². The maximum absolute atomic E-state index is 6.47. The number of anilines is 3. The lowest BCUT2D eigenvalue weighted by atomic mass is 9.55. The Morgan fingerprint density at radius 1 is 0.407 bits per heavy atom. The van der Waals surface area contributed by atoms with Crippen molar-refractivity contribution in [2.24, 2.45) is 0 Å². The zero-order valence-corrected chi connectivity index (χ0v) is 30.3. The molecule has 0 fully saturated rings. The molecule has 2 heteroatoms. The van der Waals surface area contributed by atoms with Crippen molar-refractivity contribution in [3.8, 4) is 22.3 Å². The van der Waals surface area contributed by atoms with Crippen molar-refractivity contribution < 1.29 is 4.42 Å². The van der Waals surface area contributed by atoms with Gasteiger partial charge in [-0.2, -0.15) is 0 Å². The van der Waals surface area contributed by atoms with Crippen molar-refractivity contribution in [2.45, 2.75) is 24.7 Å². The van der Waals surface area contributed by atoms with Crippen LogP contribution in [0.2, 0.25) is 0 Å². The third-order valence-corrected chi connectivity index (χ3v) is 12.1. The fraction of sp³-hybridized carbons (Fsp3) is 0.0769. The molecular formula is C52H37NO. The summed E-state index contributed by atoms with van der Waals surface area (Å²) in [6.45, 7) is 4.76. The first-order valence-corrected chi connectivity index (χ1v) is 18.9. The number of furan rings is 1. The summed E-state index contributed by atoms with van der Waals surface area (Å²) in [4.78, 5) is 2.43. The zero-order valence-electron chi connectivity index (χ0n) is 30.3. The third kappa shape index (κ3) is 4.17. The number of para-hydroxylation sites is 1. The van der Waals surface area contributed by atoms with Crippen LogP contribution in [-0.2, 0) is 10.8 Å². The Bertz CT molecular complexity index is 2860. The predicted octanol–water partition coefficient (Wildman–Crippen LogP) is 13.7. The molecule has 54 heavy (non-hydrogen) atoms. The lowest BCUT2D eigenvalue weighted by Crippen LogP contribution is -2.40. The van der Waals surface area contributed by atoms with Gasteiger partial charge in [-0.3, -0.25) is 0 Å². The molecule has 1 heterocycles. The molecule has 11 rings (SSSR count). The molecule has 0 unspecified atom stereocenters. The van der Waals surface area contributed by atoms with E-state index in [4.69, 9.17) is 4.42 Å². The highest BCUT2D eigenvalue weighted by Gasteiger charge is 2.53. The van der Waals surface area contributed by atoms with Crippen LogP contribution in [0.1, 0.15) is 47.2 Å². The number of benzene rings is 8. The van der Waals surface area contributed by atoms with Gasteiger partial charge in [0, 0.05) is 22.2 Å². The van der Waals surface area contributed by atoms with Crippen molar-refractivity contribution in [3.05, 3.63) is 221 Å². The molecule has 2 aliphatic carbocycles. The van der Waals surface area contributed by atoms with Crippen LogP contribution in [0.25, 0.3) is 44.2 Å². The van der Waals surface area contributed by atoms with Crippen LogP contribution < -0.4 is 4.90 Å². The van der Waals surface area contributed by atoms with Crippen LogP contribution in [0, 0.1) is 0 Å². The van der Waals surface area contributed by atoms with E-state index in [9.17, 15) is 0 Å². The van der Waals surface area contributed by atoms with Crippen LogP contribution in [0.5, 0.6) is 0 Å². The first-order chi connectivity index (χ1) is 26.5. The summed E-state index contributed by atoms with van der Waals surface area (Å²) >= 11 is 0. The minimum absolute atomic E-state index is 0.155. The van der Waals surface area contributed by atoms with Gasteiger partial charge in [-0.15, -0.1) is 0 Å². The van der Waals surface area contributed by atoms with E-state index >= 15 is 0 Å². The monoisotopic (exact) mass is 691 g/mol. The molecule has 1 spiro atoms. The molecule has 2 nitrogen and oxygen atoms in total. The highest BCUT2D eigenvalue weighted by Crippen LogP contribution is 2.62. The smallest absolute Gasteiger partial charge is 0.137 e. The molecule has 0 atom stereocenters. The Morgan fingerprint density at radius 2 is 0.963 bits per heavy atom. The van der Waals surface area contributed by atoms with Gasteiger partial charge in [0.25, 0.3) is 0 Å². The molecule has 0 aliphatic heterocycles. The van der Waals surface area contributed by atoms with Gasteiger partial charge < -0.3 is 9.32 Å². The average molecular weight is 692 g/mol. The molecule has 9 aromatic rings. The van der Waals surface area contributed by atoms with E-state index in [1.54, 1.807) is 0 Å². The Hall–Kier alpha value is -6.64. The van der Waals surface area contributed by atoms with Crippen molar-refractivity contribution in [2.75, 3.05) is 4.90 Å². The molecule has 0 N–H and O–H groups in total. The van der Waals surface area contributed by atoms with Crippen LogP contribution in [0.4, 0.5) is 17.1 Å². The first kappa shape index (κ1) is 30.9. The standard InChI is InChI=1S/C52H37NO/c1-51(2)42-20-9-11-22-44(42)52(45-23-12-10-21-43(45)51)41-19-8-6-17-38(41)39-32-31-37(33-46(39)52)53(36-29-27-35(28-30-36)34-15-4-3-5-16-34)47-24-14-26-49-50(47)40-18-7-13-25-48(40)54-49/h3-33H,1-2H3. The maximum Gasteiger partial charge on any atom is 0.137 e. The van der Waals surface area contributed by atoms with E-state index in [0.29, 0.717) is 0 Å². The molecule has 0 amide bonds. The van der Waals surface area contributed by atoms with E-state index in [1.807, 2.05) is 6.07 Å². The van der Waals surface area contributed by atoms with Crippen molar-refractivity contribution in [1.82, 2.24) is 0 Å². The summed E-state index contributed by atoms with van der Waals surface area (Å²) < 4.78 is 6.47. The van der Waals surface area contributed by atoms with Gasteiger partial charge in [0.1, 0.15) is 11.2 Å². The lowest BCUT2D eigenvalue weighted by Gasteiger charge is -2.46. The van der Waals surface area contributed by atoms with E-state index in [0.717, 1.165) is 39.0 Å². The van der Waals surface area contributed by atoms with Gasteiger partial charge in [0.15, 0.2) is 0 Å². The summed E-state index contributed by atoms with van der Waals surface area (Å²) in [5, 5.41) is 2.21. The van der Waals surface area contributed by atoms with Gasteiger partial charge in [-0.25, -0.2) is 0 Å². The van der Waals surface area contributed by atoms with Crippen molar-refractivity contribution in [3.63, 3.8) is 0 Å². The van der Waals surface area contributed by atoms with E-state index in [2.05, 4.69) is 201 Å². The van der Waals surface area contributed by atoms with E-state index in [1.165, 1.54) is 55.6 Å². The molecule has 8 aromatic carbocycles. The van der Waals surface area contributed by atoms with E-state index in [-0.39, 0.29) is 5.41 Å². The number of fused-ring (bicyclic) bond motifs is 12. The number of hydrogen-bond acceptors (Lipinski definition) is 2. The number of rotatable bonds is 4. The van der Waals surface area contributed by atoms with Crippen LogP contribution in [0.3, 0.4) is 0 Å². The minimum Gasteiger partial charge on any atom is -0.456 e. The summed E-state index contributed by atoms with van der Waals surface area (Å²) in [5.41, 5.74) is 17.5. The largest absolute Gasteiger partial charge is 0.456 e. The highest BCUT2D eigenvalue weighted by molar-refractivity contribution is 6.13. The van der Waals surface area contributed by atoms with Crippen LogP contribution in [-0.4, -0.2) is 0 Å². The highest BCUT2D eigenvalue weighted by atomic mass is 16.3. The predicted molar refractivity (Wildman–Crippen MR) is 223 cm³/mol.